The summed E-state index contributed by atoms with van der Waals surface area (Å²) in [7, 11) is 0. The van der Waals surface area contributed by atoms with Crippen molar-refractivity contribution in [2.24, 2.45) is 0 Å². The topological polar surface area (TPSA) is 86.0 Å². The van der Waals surface area contributed by atoms with Gasteiger partial charge in [0.05, 0.1) is 16.2 Å². The fraction of sp³-hybridized carbons (Fsp3) is 0.200. The van der Waals surface area contributed by atoms with Crippen molar-refractivity contribution < 1.29 is 9.22 Å². The SMILES string of the molecule is [2H]c1[nH]c(=O)[nH]c(=O)c1C([2H])([2H])O. The highest BCUT2D eigenvalue weighted by Crippen LogP contribution is 1.79. The number of rotatable bonds is 1. The second-order valence-electron chi connectivity index (χ2n) is 1.52. The molecular weight excluding hydrogens is 136 g/mol. The minimum atomic E-state index is -2.94. The summed E-state index contributed by atoms with van der Waals surface area (Å²) in [5.41, 5.74) is -2.84. The van der Waals surface area contributed by atoms with E-state index in [1.807, 2.05) is 4.98 Å². The lowest BCUT2D eigenvalue weighted by atomic mass is 10.4. The number of hydrogen-bond acceptors (Lipinski definition) is 3. The Labute approximate surface area is 59.6 Å². The zero-order valence-electron chi connectivity index (χ0n) is 7.76. The maximum atomic E-state index is 10.9. The lowest BCUT2D eigenvalue weighted by molar-refractivity contribution is 0.279. The average Bonchev–Trinajstić information content (AvgIpc) is 1.78. The smallest absolute Gasteiger partial charge is 0.325 e. The third kappa shape index (κ3) is 1.14. The van der Waals surface area contributed by atoms with Crippen molar-refractivity contribution in [2.75, 3.05) is 0 Å². The van der Waals surface area contributed by atoms with Crippen LogP contribution in [0.15, 0.2) is 15.8 Å². The van der Waals surface area contributed by atoms with Crippen molar-refractivity contribution in [1.29, 1.82) is 0 Å². The Morgan fingerprint density at radius 1 is 1.80 bits per heavy atom. The molecule has 54 valence electrons. The monoisotopic (exact) mass is 145 g/mol. The van der Waals surface area contributed by atoms with Crippen LogP contribution in [0.1, 0.15) is 9.68 Å². The number of aromatic nitrogens is 2. The molecule has 5 nitrogen and oxygen atoms in total. The fourth-order valence-corrected chi connectivity index (χ4v) is 0.452. The van der Waals surface area contributed by atoms with Gasteiger partial charge in [-0.25, -0.2) is 4.79 Å². The third-order valence-corrected chi connectivity index (χ3v) is 0.867. The molecule has 3 N–H and O–H groups in total. The highest BCUT2D eigenvalue weighted by atomic mass is 16.3. The largest absolute Gasteiger partial charge is 0.391 e. The first-order chi connectivity index (χ1) is 5.82. The molecule has 0 aliphatic rings. The van der Waals surface area contributed by atoms with Crippen molar-refractivity contribution in [1.82, 2.24) is 9.97 Å². The molecule has 1 rings (SSSR count). The number of aliphatic hydroxyl groups is 1. The summed E-state index contributed by atoms with van der Waals surface area (Å²) >= 11 is 0. The first-order valence-electron chi connectivity index (χ1n) is 3.88. The zero-order chi connectivity index (χ0) is 10.2. The van der Waals surface area contributed by atoms with Crippen LogP contribution in [0.2, 0.25) is 0 Å². The summed E-state index contributed by atoms with van der Waals surface area (Å²) in [6.07, 6.45) is -0.735. The van der Waals surface area contributed by atoms with E-state index in [4.69, 9.17) is 9.22 Å². The average molecular weight is 145 g/mol. The van der Waals surface area contributed by atoms with Crippen LogP contribution in [0.25, 0.3) is 0 Å². The molecule has 0 saturated heterocycles. The molecule has 0 spiro atoms. The molecule has 0 radical (unpaired) electrons. The van der Waals surface area contributed by atoms with E-state index < -0.39 is 29.5 Å². The standard InChI is InChI=1S/C5H6N2O3/c8-2-3-1-6-5(10)7-4(3)9/h1,8H,2H2,(H2,6,7,9,10)/i1D,2D2. The maximum Gasteiger partial charge on any atom is 0.325 e. The lowest BCUT2D eigenvalue weighted by Gasteiger charge is -1.89. The van der Waals surface area contributed by atoms with Gasteiger partial charge in [-0.15, -0.1) is 0 Å². The molecule has 0 atom stereocenters. The third-order valence-electron chi connectivity index (χ3n) is 0.867. The van der Waals surface area contributed by atoms with E-state index in [0.717, 1.165) is 0 Å². The van der Waals surface area contributed by atoms with Crippen molar-refractivity contribution in [3.63, 3.8) is 0 Å². The van der Waals surface area contributed by atoms with Gasteiger partial charge in [0.2, 0.25) is 0 Å². The molecule has 5 heteroatoms. The fourth-order valence-electron chi connectivity index (χ4n) is 0.452. The zero-order valence-corrected chi connectivity index (χ0v) is 4.76. The Hall–Kier alpha value is -1.36. The predicted octanol–water partition coefficient (Wildman–Crippen LogP) is -1.44. The summed E-state index contributed by atoms with van der Waals surface area (Å²) < 4.78 is 20.6. The van der Waals surface area contributed by atoms with E-state index in [2.05, 4.69) is 0 Å². The van der Waals surface area contributed by atoms with Crippen LogP contribution in [0, 0.1) is 0 Å². The normalized spacial score (nSPS) is 15.5. The number of nitrogens with one attached hydrogen (secondary N) is 2. The highest BCUT2D eigenvalue weighted by molar-refractivity contribution is 5.00. The van der Waals surface area contributed by atoms with Gasteiger partial charge in [-0.2, -0.15) is 0 Å². The molecule has 1 aromatic heterocycles. The Kier molecular flexibility index (Phi) is 0.925. The first kappa shape index (κ1) is 3.72. The molecule has 0 bridgehead atoms. The Bertz CT molecular complexity index is 430. The van der Waals surface area contributed by atoms with Gasteiger partial charge in [-0.05, 0) is 0 Å². The van der Waals surface area contributed by atoms with E-state index in [1.165, 1.54) is 0 Å². The van der Waals surface area contributed by atoms with Crippen molar-refractivity contribution in [3.8, 4) is 0 Å². The molecular formula is C5H6N2O3. The second kappa shape index (κ2) is 2.49. The summed E-state index contributed by atoms with van der Waals surface area (Å²) in [6.45, 7) is -2.94. The minimum absolute atomic E-state index is 0.735. The lowest BCUT2D eigenvalue weighted by Crippen LogP contribution is -2.24. The van der Waals surface area contributed by atoms with Crippen molar-refractivity contribution in [3.05, 3.63) is 32.6 Å². The Morgan fingerprint density at radius 3 is 3.00 bits per heavy atom. The van der Waals surface area contributed by atoms with Crippen LogP contribution < -0.4 is 11.2 Å². The maximum absolute atomic E-state index is 10.9. The molecule has 0 unspecified atom stereocenters. The van der Waals surface area contributed by atoms with Crippen LogP contribution in [0.4, 0.5) is 0 Å². The Morgan fingerprint density at radius 2 is 2.50 bits per heavy atom. The minimum Gasteiger partial charge on any atom is -0.391 e. The Balaban J connectivity index is 3.57. The van der Waals surface area contributed by atoms with Gasteiger partial charge in [-0.1, -0.05) is 0 Å². The van der Waals surface area contributed by atoms with Crippen LogP contribution in [-0.2, 0) is 6.56 Å². The number of aromatic amines is 2. The molecule has 0 aromatic carbocycles. The van der Waals surface area contributed by atoms with Gasteiger partial charge in [0.25, 0.3) is 5.56 Å². The molecule has 0 fully saturated rings. The van der Waals surface area contributed by atoms with Crippen LogP contribution in [-0.4, -0.2) is 15.1 Å². The summed E-state index contributed by atoms with van der Waals surface area (Å²) in [5.74, 6) is 0. The van der Waals surface area contributed by atoms with E-state index in [1.54, 1.807) is 4.98 Å². The van der Waals surface area contributed by atoms with Crippen LogP contribution in [0.5, 0.6) is 0 Å². The predicted molar refractivity (Wildman–Crippen MR) is 33.6 cm³/mol. The first-order valence-corrected chi connectivity index (χ1v) is 2.38. The van der Waals surface area contributed by atoms with Crippen molar-refractivity contribution >= 4 is 0 Å². The van der Waals surface area contributed by atoms with Crippen LogP contribution >= 0.6 is 0 Å². The van der Waals surface area contributed by atoms with Gasteiger partial charge < -0.3 is 10.1 Å². The molecule has 0 aliphatic carbocycles. The highest BCUT2D eigenvalue weighted by Gasteiger charge is 1.95. The molecule has 0 saturated carbocycles. The second-order valence-corrected chi connectivity index (χ2v) is 1.52. The van der Waals surface area contributed by atoms with E-state index in [-0.39, 0.29) is 0 Å². The van der Waals surface area contributed by atoms with E-state index in [0.29, 0.717) is 0 Å². The summed E-state index contributed by atoms with van der Waals surface area (Å²) in [4.78, 5) is 25.0. The quantitative estimate of drug-likeness (QED) is 0.452. The molecule has 1 heterocycles. The van der Waals surface area contributed by atoms with E-state index >= 15 is 0 Å². The molecule has 0 aliphatic heterocycles. The molecule has 1 aromatic rings. The van der Waals surface area contributed by atoms with Gasteiger partial charge in [0, 0.05) is 6.17 Å². The summed E-state index contributed by atoms with van der Waals surface area (Å²) in [6, 6.07) is 0. The molecule has 10 heavy (non-hydrogen) atoms. The van der Waals surface area contributed by atoms with Crippen LogP contribution in [0.3, 0.4) is 0 Å². The molecule has 0 amide bonds. The van der Waals surface area contributed by atoms with Gasteiger partial charge in [-0.3, -0.25) is 9.78 Å². The number of H-pyrrole nitrogens is 2. The van der Waals surface area contributed by atoms with Gasteiger partial charge >= 0.3 is 5.69 Å². The summed E-state index contributed by atoms with van der Waals surface area (Å²) in [5, 5.41) is 8.81. The van der Waals surface area contributed by atoms with E-state index in [9.17, 15) is 9.59 Å². The number of hydrogen-bond donors (Lipinski definition) is 3. The van der Waals surface area contributed by atoms with Crippen molar-refractivity contribution in [2.45, 2.75) is 6.56 Å². The van der Waals surface area contributed by atoms with Gasteiger partial charge in [0.1, 0.15) is 0 Å². The van der Waals surface area contributed by atoms with Gasteiger partial charge in [0.15, 0.2) is 0 Å².